The van der Waals surface area contributed by atoms with Crippen LogP contribution in [0.25, 0.3) is 10.8 Å². The van der Waals surface area contributed by atoms with Crippen molar-refractivity contribution in [2.45, 2.75) is 0 Å². The van der Waals surface area contributed by atoms with Crippen molar-refractivity contribution in [3.8, 4) is 11.5 Å². The number of benzene rings is 2. The Hall–Kier alpha value is -2.76. The van der Waals surface area contributed by atoms with Crippen molar-refractivity contribution in [1.29, 1.82) is 0 Å². The first-order valence-electron chi connectivity index (χ1n) is 4.90. The molecule has 2 aromatic rings. The van der Waals surface area contributed by atoms with Crippen LogP contribution in [0.4, 0.5) is 9.59 Å². The van der Waals surface area contributed by atoms with Gasteiger partial charge in [-0.05, 0) is 35.0 Å². The normalized spacial score (nSPS) is 10.0. The van der Waals surface area contributed by atoms with Gasteiger partial charge in [0, 0.05) is 0 Å². The van der Waals surface area contributed by atoms with Gasteiger partial charge in [-0.15, -0.1) is 0 Å². The second-order valence-electron chi connectivity index (χ2n) is 3.41. The lowest BCUT2D eigenvalue weighted by atomic mass is 10.1. The fourth-order valence-corrected chi connectivity index (χ4v) is 1.53. The van der Waals surface area contributed by atoms with Gasteiger partial charge in [-0.3, -0.25) is 0 Å². The molecule has 0 spiro atoms. The molecular formula is C12H8O6. The summed E-state index contributed by atoms with van der Waals surface area (Å²) in [7, 11) is 0. The van der Waals surface area contributed by atoms with Crippen LogP contribution in [0.5, 0.6) is 11.5 Å². The molecule has 2 rings (SSSR count). The molecule has 18 heavy (non-hydrogen) atoms. The summed E-state index contributed by atoms with van der Waals surface area (Å²) >= 11 is 0. The minimum atomic E-state index is -1.39. The molecule has 2 N–H and O–H groups in total. The highest BCUT2D eigenvalue weighted by molar-refractivity contribution is 5.86. The Labute approximate surface area is 101 Å². The Morgan fingerprint density at radius 2 is 1.17 bits per heavy atom. The number of carbonyl (C=O) groups is 2. The summed E-state index contributed by atoms with van der Waals surface area (Å²) in [5.74, 6) is 0.392. The number of hydrogen-bond donors (Lipinski definition) is 2. The quantitative estimate of drug-likeness (QED) is 0.626. The summed E-state index contributed by atoms with van der Waals surface area (Å²) < 4.78 is 9.02. The van der Waals surface area contributed by atoms with E-state index in [1.807, 2.05) is 0 Å². The van der Waals surface area contributed by atoms with Gasteiger partial charge in [-0.25, -0.2) is 9.59 Å². The standard InChI is InChI=1S/C12H8O6/c13-11(14)17-9-3-1-7-5-10(18-12(15)16)4-2-8(7)6-9/h1-6H,(H,13,14)(H,15,16). The number of fused-ring (bicyclic) bond motifs is 1. The molecule has 0 saturated heterocycles. The first-order valence-corrected chi connectivity index (χ1v) is 4.90. The average Bonchev–Trinajstić information content (AvgIpc) is 2.27. The van der Waals surface area contributed by atoms with Gasteiger partial charge in [0.25, 0.3) is 0 Å². The summed E-state index contributed by atoms with van der Waals surface area (Å²) in [4.78, 5) is 20.7. The van der Waals surface area contributed by atoms with Crippen molar-refractivity contribution in [3.63, 3.8) is 0 Å². The van der Waals surface area contributed by atoms with E-state index in [2.05, 4.69) is 9.47 Å². The summed E-state index contributed by atoms with van der Waals surface area (Å²) in [5, 5.41) is 18.4. The maximum absolute atomic E-state index is 10.4. The third-order valence-corrected chi connectivity index (χ3v) is 2.19. The molecule has 92 valence electrons. The molecule has 6 heteroatoms. The molecule has 0 unspecified atom stereocenters. The zero-order chi connectivity index (χ0) is 13.1. The lowest BCUT2D eigenvalue weighted by Crippen LogP contribution is -2.03. The lowest BCUT2D eigenvalue weighted by molar-refractivity contribution is 0.143. The lowest BCUT2D eigenvalue weighted by Gasteiger charge is -2.04. The van der Waals surface area contributed by atoms with Gasteiger partial charge < -0.3 is 19.7 Å². The van der Waals surface area contributed by atoms with E-state index in [-0.39, 0.29) is 11.5 Å². The number of ether oxygens (including phenoxy) is 2. The smallest absolute Gasteiger partial charge is 0.449 e. The van der Waals surface area contributed by atoms with Gasteiger partial charge in [0.15, 0.2) is 0 Å². The third-order valence-electron chi connectivity index (χ3n) is 2.19. The highest BCUT2D eigenvalue weighted by Gasteiger charge is 2.05. The monoisotopic (exact) mass is 248 g/mol. The van der Waals surface area contributed by atoms with Crippen LogP contribution >= 0.6 is 0 Å². The van der Waals surface area contributed by atoms with E-state index in [1.165, 1.54) is 24.3 Å². The van der Waals surface area contributed by atoms with Crippen LogP contribution in [-0.4, -0.2) is 22.5 Å². The average molecular weight is 248 g/mol. The Morgan fingerprint density at radius 1 is 0.778 bits per heavy atom. The van der Waals surface area contributed by atoms with Gasteiger partial charge in [0.2, 0.25) is 0 Å². The number of hydrogen-bond acceptors (Lipinski definition) is 4. The van der Waals surface area contributed by atoms with Gasteiger partial charge in [-0.2, -0.15) is 0 Å². The Morgan fingerprint density at radius 3 is 1.50 bits per heavy atom. The SMILES string of the molecule is O=C(O)Oc1ccc2cc(OC(=O)O)ccc2c1. The molecule has 0 aliphatic heterocycles. The molecule has 2 aromatic carbocycles. The second-order valence-corrected chi connectivity index (χ2v) is 3.41. The maximum atomic E-state index is 10.4. The van der Waals surface area contributed by atoms with Crippen molar-refractivity contribution in [2.24, 2.45) is 0 Å². The van der Waals surface area contributed by atoms with E-state index in [4.69, 9.17) is 10.2 Å². The van der Waals surface area contributed by atoms with Crippen molar-refractivity contribution in [2.75, 3.05) is 0 Å². The van der Waals surface area contributed by atoms with Crippen LogP contribution in [0.2, 0.25) is 0 Å². The van der Waals surface area contributed by atoms with Crippen molar-refractivity contribution in [3.05, 3.63) is 36.4 Å². The molecular weight excluding hydrogens is 240 g/mol. The van der Waals surface area contributed by atoms with Crippen LogP contribution < -0.4 is 9.47 Å². The Kier molecular flexibility index (Phi) is 3.01. The van der Waals surface area contributed by atoms with Gasteiger partial charge in [-0.1, -0.05) is 12.1 Å². The summed E-state index contributed by atoms with van der Waals surface area (Å²) in [5.41, 5.74) is 0. The van der Waals surface area contributed by atoms with Crippen LogP contribution in [0.1, 0.15) is 0 Å². The van der Waals surface area contributed by atoms with E-state index < -0.39 is 12.3 Å². The third kappa shape index (κ3) is 2.67. The molecule has 0 aliphatic rings. The number of rotatable bonds is 2. The number of carboxylic acid groups (broad SMARTS) is 2. The molecule has 0 aliphatic carbocycles. The van der Waals surface area contributed by atoms with Crippen molar-refractivity contribution in [1.82, 2.24) is 0 Å². The largest absolute Gasteiger partial charge is 0.511 e. The summed E-state index contributed by atoms with van der Waals surface area (Å²) in [6.07, 6.45) is -2.78. The molecule has 0 saturated carbocycles. The van der Waals surface area contributed by atoms with E-state index in [1.54, 1.807) is 12.1 Å². The van der Waals surface area contributed by atoms with E-state index in [9.17, 15) is 9.59 Å². The molecule has 0 heterocycles. The molecule has 6 nitrogen and oxygen atoms in total. The summed E-state index contributed by atoms with van der Waals surface area (Å²) in [6, 6.07) is 9.24. The predicted octanol–water partition coefficient (Wildman–Crippen LogP) is 2.95. The molecule has 0 fully saturated rings. The molecule has 0 atom stereocenters. The predicted molar refractivity (Wildman–Crippen MR) is 61.3 cm³/mol. The summed E-state index contributed by atoms with van der Waals surface area (Å²) in [6.45, 7) is 0. The molecule has 0 aromatic heterocycles. The van der Waals surface area contributed by atoms with Gasteiger partial charge in [0.1, 0.15) is 11.5 Å². The van der Waals surface area contributed by atoms with E-state index in [0.717, 1.165) is 0 Å². The highest BCUT2D eigenvalue weighted by Crippen LogP contribution is 2.25. The topological polar surface area (TPSA) is 93.1 Å². The van der Waals surface area contributed by atoms with E-state index >= 15 is 0 Å². The van der Waals surface area contributed by atoms with Crippen LogP contribution in [0.3, 0.4) is 0 Å². The fraction of sp³-hybridized carbons (Fsp3) is 0. The zero-order valence-electron chi connectivity index (χ0n) is 8.99. The molecule has 0 amide bonds. The van der Waals surface area contributed by atoms with Crippen molar-refractivity contribution >= 4 is 23.1 Å². The Balaban J connectivity index is 2.35. The minimum absolute atomic E-state index is 0.196. The minimum Gasteiger partial charge on any atom is -0.449 e. The molecule has 0 bridgehead atoms. The fourth-order valence-electron chi connectivity index (χ4n) is 1.53. The maximum Gasteiger partial charge on any atom is 0.511 e. The molecule has 0 radical (unpaired) electrons. The van der Waals surface area contributed by atoms with Gasteiger partial charge in [0.05, 0.1) is 0 Å². The van der Waals surface area contributed by atoms with Crippen molar-refractivity contribution < 1.29 is 29.3 Å². The van der Waals surface area contributed by atoms with Crippen LogP contribution in [0.15, 0.2) is 36.4 Å². The first-order chi connectivity index (χ1) is 8.54. The van der Waals surface area contributed by atoms with E-state index in [0.29, 0.717) is 10.8 Å². The first kappa shape index (κ1) is 11.7. The van der Waals surface area contributed by atoms with Gasteiger partial charge >= 0.3 is 12.3 Å². The second kappa shape index (κ2) is 4.62. The van der Waals surface area contributed by atoms with Crippen LogP contribution in [0, 0.1) is 0 Å². The van der Waals surface area contributed by atoms with Crippen LogP contribution in [-0.2, 0) is 0 Å². The highest BCUT2D eigenvalue weighted by atomic mass is 16.7. The zero-order valence-corrected chi connectivity index (χ0v) is 8.99. The Bertz CT molecular complexity index is 564.